The fourth-order valence-corrected chi connectivity index (χ4v) is 5.16. The summed E-state index contributed by atoms with van der Waals surface area (Å²) in [5.41, 5.74) is 6.06. The number of carbonyl (C=O) groups is 2. The standard InChI is InChI=1S/C20H21ClFN3O4/c21-16-14(24-6-3-10(8-24)20(23)4-5-20)2-1-11-17(16)25(29,15-7-13(15)22)9-12(18(11)26)19(27)28/h1-2,9-10,13,15H,3-8,23H2,(H,27,28)/t10-,13-,15-,25?/m1/s1. The third kappa shape index (κ3) is 2.73. The average molecular weight is 422 g/mol. The maximum absolute atomic E-state index is 13.9. The molecule has 154 valence electrons. The molecule has 1 unspecified atom stereocenters. The molecule has 0 bridgehead atoms. The van der Waals surface area contributed by atoms with E-state index in [9.17, 15) is 24.3 Å². The molecule has 9 heteroatoms. The Kier molecular flexibility index (Phi) is 3.94. The Hall–Kier alpha value is -2.00. The van der Waals surface area contributed by atoms with Gasteiger partial charge in [0.1, 0.15) is 17.3 Å². The van der Waals surface area contributed by atoms with E-state index in [1.807, 2.05) is 4.90 Å². The monoisotopic (exact) mass is 421 g/mol. The van der Waals surface area contributed by atoms with E-state index < -0.39 is 34.2 Å². The minimum atomic E-state index is -1.50. The quantitative estimate of drug-likeness (QED) is 0.440. The van der Waals surface area contributed by atoms with Gasteiger partial charge in [-0.25, -0.2) is 9.18 Å². The molecule has 1 aromatic carbocycles. The third-order valence-corrected chi connectivity index (χ3v) is 7.20. The topological polar surface area (TPSA) is 107 Å². The number of aliphatic carboxylic acids is 1. The van der Waals surface area contributed by atoms with E-state index in [1.54, 1.807) is 6.07 Å². The van der Waals surface area contributed by atoms with Gasteiger partial charge in [0.05, 0.1) is 11.3 Å². The summed E-state index contributed by atoms with van der Waals surface area (Å²) in [6, 6.07) is 2.10. The van der Waals surface area contributed by atoms with E-state index in [4.69, 9.17) is 17.3 Å². The van der Waals surface area contributed by atoms with Crippen molar-refractivity contribution in [2.24, 2.45) is 11.7 Å². The number of carboxylic acids is 1. The van der Waals surface area contributed by atoms with Gasteiger partial charge in [0.15, 0.2) is 17.4 Å². The number of fused-ring (bicyclic) bond motifs is 1. The molecule has 4 aliphatic rings. The van der Waals surface area contributed by atoms with Gasteiger partial charge in [-0.2, -0.15) is 0 Å². The number of ketones is 1. The van der Waals surface area contributed by atoms with Crippen LogP contribution in [0.1, 0.15) is 36.0 Å². The van der Waals surface area contributed by atoms with Crippen molar-refractivity contribution in [1.29, 1.82) is 0 Å². The third-order valence-electron chi connectivity index (χ3n) is 6.83. The first-order valence-electron chi connectivity index (χ1n) is 9.77. The molecular weight excluding hydrogens is 401 g/mol. The van der Waals surface area contributed by atoms with E-state index >= 15 is 0 Å². The van der Waals surface area contributed by atoms with Crippen LogP contribution in [-0.2, 0) is 4.79 Å². The zero-order chi connectivity index (χ0) is 20.7. The summed E-state index contributed by atoms with van der Waals surface area (Å²) in [4.78, 5) is 26.2. The number of hydrogen-bond donors (Lipinski definition) is 2. The number of carbonyl (C=O) groups excluding carboxylic acids is 1. The highest BCUT2D eigenvalue weighted by atomic mass is 35.5. The number of quaternary nitrogens is 1. The van der Waals surface area contributed by atoms with Gasteiger partial charge in [0, 0.05) is 25.0 Å². The Morgan fingerprint density at radius 3 is 2.69 bits per heavy atom. The summed E-state index contributed by atoms with van der Waals surface area (Å²) >= 11 is 6.64. The molecule has 1 aromatic rings. The fourth-order valence-electron chi connectivity index (χ4n) is 4.75. The molecule has 1 saturated heterocycles. The van der Waals surface area contributed by atoms with Crippen LogP contribution in [-0.4, -0.2) is 47.7 Å². The lowest BCUT2D eigenvalue weighted by molar-refractivity contribution is -0.132. The average Bonchev–Trinajstić information content (AvgIpc) is 3.54. The lowest BCUT2D eigenvalue weighted by Gasteiger charge is -2.43. The van der Waals surface area contributed by atoms with Crippen molar-refractivity contribution in [2.45, 2.75) is 43.4 Å². The van der Waals surface area contributed by atoms with E-state index in [0.29, 0.717) is 18.2 Å². The number of nitrogens with zero attached hydrogens (tertiary/aromatic N) is 2. The molecule has 0 aromatic heterocycles. The van der Waals surface area contributed by atoms with Gasteiger partial charge in [-0.15, -0.1) is 0 Å². The number of alkyl halides is 1. The van der Waals surface area contributed by atoms with Crippen LogP contribution in [0.25, 0.3) is 0 Å². The summed E-state index contributed by atoms with van der Waals surface area (Å²) in [6.45, 7) is 1.42. The number of carboxylic acid groups (broad SMARTS) is 1. The molecule has 3 N–H and O–H groups in total. The summed E-state index contributed by atoms with van der Waals surface area (Å²) in [5.74, 6) is -1.95. The van der Waals surface area contributed by atoms with Crippen molar-refractivity contribution in [2.75, 3.05) is 18.0 Å². The van der Waals surface area contributed by atoms with Crippen LogP contribution < -0.4 is 15.3 Å². The minimum Gasteiger partial charge on any atom is -0.622 e. The highest BCUT2D eigenvalue weighted by Gasteiger charge is 2.55. The van der Waals surface area contributed by atoms with Crippen LogP contribution >= 0.6 is 11.6 Å². The number of nitrogens with two attached hydrogens (primary N) is 1. The summed E-state index contributed by atoms with van der Waals surface area (Å²) in [6.07, 6.45) is 2.37. The number of rotatable bonds is 4. The Morgan fingerprint density at radius 1 is 1.41 bits per heavy atom. The van der Waals surface area contributed by atoms with Gasteiger partial charge < -0.3 is 20.9 Å². The number of hydrogen-bond acceptors (Lipinski definition) is 5. The van der Waals surface area contributed by atoms with Crippen molar-refractivity contribution in [1.82, 2.24) is 4.65 Å². The molecule has 0 amide bonds. The lowest BCUT2D eigenvalue weighted by atomic mass is 9.96. The van der Waals surface area contributed by atoms with Crippen molar-refractivity contribution in [3.05, 3.63) is 39.7 Å². The smallest absolute Gasteiger partial charge is 0.345 e. The second-order valence-corrected chi connectivity index (χ2v) is 9.04. The molecule has 2 heterocycles. The Morgan fingerprint density at radius 2 is 2.10 bits per heavy atom. The largest absolute Gasteiger partial charge is 0.622 e. The maximum Gasteiger partial charge on any atom is 0.345 e. The van der Waals surface area contributed by atoms with Gasteiger partial charge in [-0.1, -0.05) is 11.6 Å². The van der Waals surface area contributed by atoms with E-state index in [0.717, 1.165) is 32.0 Å². The first-order valence-corrected chi connectivity index (χ1v) is 10.1. The molecule has 0 spiro atoms. The van der Waals surface area contributed by atoms with E-state index in [2.05, 4.69) is 0 Å². The predicted molar refractivity (Wildman–Crippen MR) is 106 cm³/mol. The highest BCUT2D eigenvalue weighted by Crippen LogP contribution is 2.52. The summed E-state index contributed by atoms with van der Waals surface area (Å²) < 4.78 is 12.6. The summed E-state index contributed by atoms with van der Waals surface area (Å²) in [5, 5.41) is 23.1. The Bertz CT molecular complexity index is 979. The van der Waals surface area contributed by atoms with E-state index in [1.165, 1.54) is 6.07 Å². The molecule has 5 rings (SSSR count). The second kappa shape index (κ2) is 6.01. The zero-order valence-electron chi connectivity index (χ0n) is 15.6. The van der Waals surface area contributed by atoms with Crippen molar-refractivity contribution in [3.63, 3.8) is 0 Å². The van der Waals surface area contributed by atoms with Crippen LogP contribution in [0.3, 0.4) is 0 Å². The highest BCUT2D eigenvalue weighted by molar-refractivity contribution is 6.38. The molecule has 0 radical (unpaired) electrons. The normalized spacial score (nSPS) is 34.6. The molecule has 2 aliphatic heterocycles. The van der Waals surface area contributed by atoms with Crippen LogP contribution in [0.15, 0.2) is 23.9 Å². The predicted octanol–water partition coefficient (Wildman–Crippen LogP) is 2.74. The minimum absolute atomic E-state index is 0.00255. The molecule has 4 atom stereocenters. The SMILES string of the molecule is NC1([C@@H]2CCN(c3ccc4c(c3Cl)[N+]([O-])([C@@H]3C[C@H]3F)C=C(C(=O)O)C4=O)C2)CC1. The van der Waals surface area contributed by atoms with Crippen LogP contribution in [0.2, 0.25) is 5.02 Å². The zero-order valence-corrected chi connectivity index (χ0v) is 16.4. The Labute approximate surface area is 171 Å². The number of anilines is 1. The molecule has 7 nitrogen and oxygen atoms in total. The fraction of sp³-hybridized carbons (Fsp3) is 0.500. The number of hydroxylamine groups is 2. The van der Waals surface area contributed by atoms with Gasteiger partial charge in [-0.05, 0) is 37.3 Å². The maximum atomic E-state index is 13.9. The van der Waals surface area contributed by atoms with Crippen LogP contribution in [0.4, 0.5) is 15.8 Å². The van der Waals surface area contributed by atoms with Crippen molar-refractivity contribution < 1.29 is 19.1 Å². The van der Waals surface area contributed by atoms with Gasteiger partial charge >= 0.3 is 5.97 Å². The first-order chi connectivity index (χ1) is 13.7. The van der Waals surface area contributed by atoms with Crippen molar-refractivity contribution in [3.8, 4) is 0 Å². The molecular formula is C20H21ClFN3O4. The lowest BCUT2D eigenvalue weighted by Crippen LogP contribution is -2.46. The van der Waals surface area contributed by atoms with Gasteiger partial charge in [0.25, 0.3) is 0 Å². The van der Waals surface area contributed by atoms with Crippen LogP contribution in [0, 0.1) is 11.1 Å². The summed E-state index contributed by atoms with van der Waals surface area (Å²) in [7, 11) is 0. The first kappa shape index (κ1) is 19.0. The Balaban J connectivity index is 1.58. The molecule has 2 saturated carbocycles. The number of benzene rings is 1. The van der Waals surface area contributed by atoms with Crippen LogP contribution in [0.5, 0.6) is 0 Å². The molecule has 2 aliphatic carbocycles. The van der Waals surface area contributed by atoms with Gasteiger partial charge in [0.2, 0.25) is 5.78 Å². The van der Waals surface area contributed by atoms with Gasteiger partial charge in [-0.3, -0.25) is 9.44 Å². The number of Topliss-reactive ketones (excluding diaryl/α,β-unsaturated/α-hetero) is 1. The second-order valence-electron chi connectivity index (χ2n) is 8.67. The van der Waals surface area contributed by atoms with E-state index in [-0.39, 0.29) is 28.2 Å². The molecule has 3 fully saturated rings. The van der Waals surface area contributed by atoms with Crippen molar-refractivity contribution >= 4 is 34.7 Å². The number of halogens is 2. The molecule has 29 heavy (non-hydrogen) atoms.